The molecule has 1 aliphatic heterocycles. The topological polar surface area (TPSA) is 55.3 Å². The Labute approximate surface area is 160 Å². The molecule has 0 atom stereocenters. The summed E-state index contributed by atoms with van der Waals surface area (Å²) in [5.74, 6) is 1.32. The number of nitrogens with zero attached hydrogens (tertiary/aromatic N) is 3. The van der Waals surface area contributed by atoms with E-state index in [0.717, 1.165) is 46.9 Å². The first-order chi connectivity index (χ1) is 12.6. The maximum Gasteiger partial charge on any atom is 0.348 e. The van der Waals surface area contributed by atoms with E-state index < -0.39 is 0 Å². The largest absolute Gasteiger partial charge is 0.465 e. The lowest BCUT2D eigenvalue weighted by atomic mass is 10.1. The molecule has 4 rings (SSSR count). The molecule has 26 heavy (non-hydrogen) atoms. The molecule has 3 aromatic rings. The first-order valence-electron chi connectivity index (χ1n) is 8.42. The Hall–Kier alpha value is -2.25. The van der Waals surface area contributed by atoms with E-state index in [0.29, 0.717) is 4.88 Å². The van der Waals surface area contributed by atoms with Gasteiger partial charge in [0.05, 0.1) is 12.5 Å². The predicted molar refractivity (Wildman–Crippen MR) is 107 cm³/mol. The Morgan fingerprint density at radius 1 is 1.31 bits per heavy atom. The average molecular weight is 386 g/mol. The van der Waals surface area contributed by atoms with Crippen molar-refractivity contribution in [2.45, 2.75) is 20.3 Å². The van der Waals surface area contributed by atoms with Crippen LogP contribution in [-0.4, -0.2) is 36.1 Å². The Morgan fingerprint density at radius 2 is 2.15 bits per heavy atom. The number of esters is 1. The van der Waals surface area contributed by atoms with Gasteiger partial charge in [0.2, 0.25) is 0 Å². The van der Waals surface area contributed by atoms with E-state index in [1.165, 1.54) is 28.9 Å². The minimum absolute atomic E-state index is 0.312. The van der Waals surface area contributed by atoms with Crippen LogP contribution in [-0.2, 0) is 4.74 Å². The van der Waals surface area contributed by atoms with Crippen LogP contribution in [0.3, 0.4) is 0 Å². The number of hydrogen-bond acceptors (Lipinski definition) is 7. The standard InChI is InChI=1S/C19H19N3O2S2/c1-11-15-17(20-12(2)21-18(15)26-16(11)19(23)24-3)22-8-6-13(7-9-22)14-5-4-10-25-14/h4-6,10H,7-9H2,1-3H3. The number of aromatic nitrogens is 2. The lowest BCUT2D eigenvalue weighted by Crippen LogP contribution is -2.29. The van der Waals surface area contributed by atoms with Crippen LogP contribution in [0.2, 0.25) is 0 Å². The van der Waals surface area contributed by atoms with Crippen LogP contribution in [0, 0.1) is 13.8 Å². The normalized spacial score (nSPS) is 14.6. The average Bonchev–Trinajstić information content (AvgIpc) is 3.29. The van der Waals surface area contributed by atoms with E-state index in [1.807, 2.05) is 13.8 Å². The SMILES string of the molecule is COC(=O)c1sc2nc(C)nc(N3CC=C(c4cccs4)CC3)c2c1C. The number of fused-ring (bicyclic) bond motifs is 1. The summed E-state index contributed by atoms with van der Waals surface area (Å²) < 4.78 is 4.92. The Balaban J connectivity index is 1.75. The summed E-state index contributed by atoms with van der Waals surface area (Å²) >= 11 is 3.16. The molecule has 0 saturated heterocycles. The number of rotatable bonds is 3. The van der Waals surface area contributed by atoms with Crippen molar-refractivity contribution in [3.63, 3.8) is 0 Å². The molecule has 1 aliphatic rings. The van der Waals surface area contributed by atoms with Gasteiger partial charge in [0.25, 0.3) is 0 Å². The van der Waals surface area contributed by atoms with E-state index in [-0.39, 0.29) is 5.97 Å². The van der Waals surface area contributed by atoms with Gasteiger partial charge in [-0.2, -0.15) is 0 Å². The molecular formula is C19H19N3O2S2. The summed E-state index contributed by atoms with van der Waals surface area (Å²) in [6.45, 7) is 5.55. The Kier molecular flexibility index (Phi) is 4.50. The van der Waals surface area contributed by atoms with Crippen LogP contribution in [0.15, 0.2) is 23.6 Å². The molecule has 0 amide bonds. The third kappa shape index (κ3) is 2.91. The second-order valence-corrected chi connectivity index (χ2v) is 8.17. The van der Waals surface area contributed by atoms with Crippen molar-refractivity contribution in [1.82, 2.24) is 9.97 Å². The summed E-state index contributed by atoms with van der Waals surface area (Å²) in [4.78, 5) is 26.4. The number of ether oxygens (including phenoxy) is 1. The number of methoxy groups -OCH3 is 1. The molecule has 0 N–H and O–H groups in total. The van der Waals surface area contributed by atoms with Crippen LogP contribution in [0.1, 0.15) is 32.4 Å². The molecule has 0 unspecified atom stereocenters. The van der Waals surface area contributed by atoms with Crippen LogP contribution in [0.25, 0.3) is 15.8 Å². The second kappa shape index (κ2) is 6.81. The molecule has 4 heterocycles. The van der Waals surface area contributed by atoms with E-state index >= 15 is 0 Å². The van der Waals surface area contributed by atoms with Crippen LogP contribution >= 0.6 is 22.7 Å². The number of carbonyl (C=O) groups is 1. The third-order valence-electron chi connectivity index (χ3n) is 4.60. The molecule has 3 aromatic heterocycles. The third-order valence-corrected chi connectivity index (χ3v) is 6.71. The first-order valence-corrected chi connectivity index (χ1v) is 10.1. The summed E-state index contributed by atoms with van der Waals surface area (Å²) in [6, 6.07) is 4.26. The molecule has 7 heteroatoms. The first kappa shape index (κ1) is 17.2. The van der Waals surface area contributed by atoms with Crippen molar-refractivity contribution >= 4 is 50.3 Å². The molecule has 0 saturated carbocycles. The molecule has 0 aromatic carbocycles. The molecule has 0 spiro atoms. The highest BCUT2D eigenvalue weighted by molar-refractivity contribution is 7.20. The number of carbonyl (C=O) groups excluding carboxylic acids is 1. The Morgan fingerprint density at radius 3 is 2.81 bits per heavy atom. The number of anilines is 1. The van der Waals surface area contributed by atoms with Gasteiger partial charge in [-0.1, -0.05) is 12.1 Å². The molecule has 0 fully saturated rings. The summed E-state index contributed by atoms with van der Waals surface area (Å²) in [6.07, 6.45) is 3.26. The van der Waals surface area contributed by atoms with Crippen molar-refractivity contribution in [2.75, 3.05) is 25.1 Å². The summed E-state index contributed by atoms with van der Waals surface area (Å²) in [7, 11) is 1.41. The quantitative estimate of drug-likeness (QED) is 0.624. The van der Waals surface area contributed by atoms with Gasteiger partial charge in [0.1, 0.15) is 21.3 Å². The van der Waals surface area contributed by atoms with Crippen LogP contribution in [0.4, 0.5) is 5.82 Å². The number of aryl methyl sites for hydroxylation is 2. The minimum Gasteiger partial charge on any atom is -0.465 e. The van der Waals surface area contributed by atoms with Crippen molar-refractivity contribution in [2.24, 2.45) is 0 Å². The second-order valence-electron chi connectivity index (χ2n) is 6.23. The van der Waals surface area contributed by atoms with Crippen LogP contribution < -0.4 is 4.90 Å². The van der Waals surface area contributed by atoms with Crippen LogP contribution in [0.5, 0.6) is 0 Å². The number of hydrogen-bond donors (Lipinski definition) is 0. The highest BCUT2D eigenvalue weighted by Gasteiger charge is 2.24. The fourth-order valence-corrected chi connectivity index (χ4v) is 5.22. The Bertz CT molecular complexity index is 1010. The highest BCUT2D eigenvalue weighted by Crippen LogP contribution is 2.37. The molecule has 5 nitrogen and oxygen atoms in total. The van der Waals surface area contributed by atoms with E-state index in [2.05, 4.69) is 33.5 Å². The fourth-order valence-electron chi connectivity index (χ4n) is 3.28. The van der Waals surface area contributed by atoms with Crippen molar-refractivity contribution in [3.05, 3.63) is 44.7 Å². The lowest BCUT2D eigenvalue weighted by molar-refractivity contribution is 0.0605. The van der Waals surface area contributed by atoms with Gasteiger partial charge >= 0.3 is 5.97 Å². The van der Waals surface area contributed by atoms with Gasteiger partial charge < -0.3 is 9.64 Å². The zero-order valence-corrected chi connectivity index (χ0v) is 16.5. The molecule has 134 valence electrons. The maximum atomic E-state index is 12.1. The van der Waals surface area contributed by atoms with E-state index in [4.69, 9.17) is 9.72 Å². The molecule has 0 radical (unpaired) electrons. The van der Waals surface area contributed by atoms with Gasteiger partial charge in [0, 0.05) is 18.0 Å². The molecule has 0 bridgehead atoms. The van der Waals surface area contributed by atoms with Gasteiger partial charge in [-0.15, -0.1) is 22.7 Å². The summed E-state index contributed by atoms with van der Waals surface area (Å²) in [5, 5.41) is 3.08. The van der Waals surface area contributed by atoms with Gasteiger partial charge in [-0.25, -0.2) is 14.8 Å². The minimum atomic E-state index is -0.312. The fraction of sp³-hybridized carbons (Fsp3) is 0.316. The zero-order valence-electron chi connectivity index (χ0n) is 14.9. The maximum absolute atomic E-state index is 12.1. The van der Waals surface area contributed by atoms with E-state index in [9.17, 15) is 4.79 Å². The zero-order chi connectivity index (χ0) is 18.3. The van der Waals surface area contributed by atoms with Gasteiger partial charge in [-0.05, 0) is 42.9 Å². The smallest absolute Gasteiger partial charge is 0.348 e. The van der Waals surface area contributed by atoms with Crippen molar-refractivity contribution < 1.29 is 9.53 Å². The number of thiophene rings is 2. The predicted octanol–water partition coefficient (Wildman–Crippen LogP) is 4.45. The molecule has 0 aliphatic carbocycles. The van der Waals surface area contributed by atoms with Gasteiger partial charge in [-0.3, -0.25) is 0 Å². The monoisotopic (exact) mass is 385 g/mol. The summed E-state index contributed by atoms with van der Waals surface area (Å²) in [5.41, 5.74) is 2.30. The van der Waals surface area contributed by atoms with Crippen molar-refractivity contribution in [3.8, 4) is 0 Å². The van der Waals surface area contributed by atoms with Crippen molar-refractivity contribution in [1.29, 1.82) is 0 Å². The van der Waals surface area contributed by atoms with Gasteiger partial charge in [0.15, 0.2) is 0 Å². The van der Waals surface area contributed by atoms with E-state index in [1.54, 1.807) is 11.3 Å². The molecular weight excluding hydrogens is 366 g/mol. The lowest BCUT2D eigenvalue weighted by Gasteiger charge is -2.28. The highest BCUT2D eigenvalue weighted by atomic mass is 32.1.